The van der Waals surface area contributed by atoms with Gasteiger partial charge in [-0.15, -0.1) is 0 Å². The van der Waals surface area contributed by atoms with Gasteiger partial charge in [-0.2, -0.15) is 0 Å². The van der Waals surface area contributed by atoms with E-state index in [0.717, 1.165) is 12.5 Å². The Labute approximate surface area is 115 Å². The highest BCUT2D eigenvalue weighted by atomic mass is 19.1. The van der Waals surface area contributed by atoms with Crippen LogP contribution in [0, 0.1) is 11.7 Å². The van der Waals surface area contributed by atoms with Gasteiger partial charge in [0.05, 0.1) is 11.5 Å². The van der Waals surface area contributed by atoms with Crippen molar-refractivity contribution in [1.29, 1.82) is 0 Å². The van der Waals surface area contributed by atoms with Crippen LogP contribution < -0.4 is 5.73 Å². The predicted molar refractivity (Wildman–Crippen MR) is 69.5 cm³/mol. The largest absolute Gasteiger partial charge is 0.481 e. The number of rotatable bonds is 2. The molecule has 2 heterocycles. The van der Waals surface area contributed by atoms with Crippen LogP contribution in [0.5, 0.6) is 0 Å². The molecule has 3 unspecified atom stereocenters. The molecule has 2 aliphatic heterocycles. The number of nitrogens with two attached hydrogens (primary N) is 1. The lowest BCUT2D eigenvalue weighted by atomic mass is 9.89. The summed E-state index contributed by atoms with van der Waals surface area (Å²) in [6.07, 6.45) is 1.96. The van der Waals surface area contributed by atoms with Gasteiger partial charge in [-0.1, -0.05) is 0 Å². The Kier molecular flexibility index (Phi) is 2.88. The van der Waals surface area contributed by atoms with E-state index in [2.05, 4.69) is 0 Å². The zero-order valence-corrected chi connectivity index (χ0v) is 10.8. The van der Waals surface area contributed by atoms with Crippen molar-refractivity contribution in [2.75, 3.05) is 5.73 Å². The fourth-order valence-electron chi connectivity index (χ4n) is 3.42. The van der Waals surface area contributed by atoms with Gasteiger partial charge in [0, 0.05) is 17.8 Å². The molecule has 6 heteroatoms. The Morgan fingerprint density at radius 1 is 1.35 bits per heavy atom. The van der Waals surface area contributed by atoms with Crippen molar-refractivity contribution in [1.82, 2.24) is 4.90 Å². The van der Waals surface area contributed by atoms with Crippen LogP contribution in [-0.4, -0.2) is 34.0 Å². The number of nitrogens with zero attached hydrogens (tertiary/aromatic N) is 1. The van der Waals surface area contributed by atoms with Gasteiger partial charge < -0.3 is 15.7 Å². The van der Waals surface area contributed by atoms with Crippen molar-refractivity contribution in [3.05, 3.63) is 29.6 Å². The Hall–Kier alpha value is -2.11. The molecule has 3 N–H and O–H groups in total. The van der Waals surface area contributed by atoms with Crippen LogP contribution in [-0.2, 0) is 4.79 Å². The summed E-state index contributed by atoms with van der Waals surface area (Å²) in [5, 5.41) is 9.18. The molecule has 0 saturated carbocycles. The molecule has 1 amide bonds. The maximum atomic E-state index is 13.3. The monoisotopic (exact) mass is 278 g/mol. The standard InChI is InChI=1S/C14H15FN2O3/c15-7-1-3-11(16)9(5-7)13(18)17-8-2-4-12(17)10(6-8)14(19)20/h1,3,5,8,10,12H,2,4,6,16H2,(H,19,20). The number of carboxylic acids is 1. The Morgan fingerprint density at radius 2 is 2.10 bits per heavy atom. The minimum absolute atomic E-state index is 0.0729. The average molecular weight is 278 g/mol. The molecule has 20 heavy (non-hydrogen) atoms. The number of nitrogen functional groups attached to an aromatic ring is 1. The number of hydrogen-bond donors (Lipinski definition) is 2. The van der Waals surface area contributed by atoms with Gasteiger partial charge in [0.1, 0.15) is 5.82 Å². The lowest BCUT2D eigenvalue weighted by Gasteiger charge is -2.23. The highest BCUT2D eigenvalue weighted by molar-refractivity contribution is 6.00. The number of amides is 1. The van der Waals surface area contributed by atoms with E-state index in [4.69, 9.17) is 5.73 Å². The smallest absolute Gasteiger partial charge is 0.308 e. The van der Waals surface area contributed by atoms with Gasteiger partial charge in [0.2, 0.25) is 0 Å². The third-order valence-corrected chi connectivity index (χ3v) is 4.33. The van der Waals surface area contributed by atoms with E-state index in [1.165, 1.54) is 12.1 Å². The molecular formula is C14H15FN2O3. The molecular weight excluding hydrogens is 263 g/mol. The predicted octanol–water partition coefficient (Wildman–Crippen LogP) is 1.49. The molecule has 0 aliphatic carbocycles. The highest BCUT2D eigenvalue weighted by Crippen LogP contribution is 2.42. The first-order valence-corrected chi connectivity index (χ1v) is 6.59. The summed E-state index contributed by atoms with van der Waals surface area (Å²) in [4.78, 5) is 25.3. The topological polar surface area (TPSA) is 83.6 Å². The van der Waals surface area contributed by atoms with E-state index >= 15 is 0 Å². The molecule has 3 rings (SSSR count). The van der Waals surface area contributed by atoms with E-state index in [-0.39, 0.29) is 29.2 Å². The zero-order valence-electron chi connectivity index (χ0n) is 10.8. The van der Waals surface area contributed by atoms with Gasteiger partial charge in [-0.3, -0.25) is 9.59 Å². The first-order valence-electron chi connectivity index (χ1n) is 6.59. The van der Waals surface area contributed by atoms with Gasteiger partial charge in [0.15, 0.2) is 0 Å². The number of carbonyl (C=O) groups is 2. The fraction of sp³-hybridized carbons (Fsp3) is 0.429. The molecule has 2 aliphatic rings. The number of fused-ring (bicyclic) bond motifs is 2. The van der Waals surface area contributed by atoms with E-state index in [1.807, 2.05) is 0 Å². The molecule has 2 saturated heterocycles. The second kappa shape index (κ2) is 4.47. The molecule has 1 aromatic carbocycles. The number of carbonyl (C=O) groups excluding carboxylic acids is 1. The molecule has 0 spiro atoms. The van der Waals surface area contributed by atoms with Crippen LogP contribution in [0.4, 0.5) is 10.1 Å². The maximum absolute atomic E-state index is 13.3. The van der Waals surface area contributed by atoms with Crippen LogP contribution >= 0.6 is 0 Å². The average Bonchev–Trinajstić information content (AvgIpc) is 2.98. The minimum Gasteiger partial charge on any atom is -0.481 e. The maximum Gasteiger partial charge on any atom is 0.308 e. The number of hydrogen-bond acceptors (Lipinski definition) is 3. The molecule has 1 aromatic rings. The number of halogens is 1. The van der Waals surface area contributed by atoms with E-state index in [1.54, 1.807) is 4.90 Å². The highest BCUT2D eigenvalue weighted by Gasteiger charge is 2.51. The van der Waals surface area contributed by atoms with Crippen LogP contribution in [0.2, 0.25) is 0 Å². The number of carboxylic acid groups (broad SMARTS) is 1. The quantitative estimate of drug-likeness (QED) is 0.803. The third-order valence-electron chi connectivity index (χ3n) is 4.33. The summed E-state index contributed by atoms with van der Waals surface area (Å²) < 4.78 is 13.3. The number of aliphatic carboxylic acids is 1. The molecule has 5 nitrogen and oxygen atoms in total. The SMILES string of the molecule is Nc1ccc(F)cc1C(=O)N1C2CCC1C(C(=O)O)C2. The summed E-state index contributed by atoms with van der Waals surface area (Å²) in [6, 6.07) is 3.30. The van der Waals surface area contributed by atoms with Crippen molar-refractivity contribution in [2.45, 2.75) is 31.3 Å². The van der Waals surface area contributed by atoms with Gasteiger partial charge in [-0.05, 0) is 37.5 Å². The van der Waals surface area contributed by atoms with E-state index in [0.29, 0.717) is 12.8 Å². The summed E-state index contributed by atoms with van der Waals surface area (Å²) in [5.41, 5.74) is 6.07. The summed E-state index contributed by atoms with van der Waals surface area (Å²) in [6.45, 7) is 0. The van der Waals surface area contributed by atoms with Crippen LogP contribution in [0.3, 0.4) is 0 Å². The summed E-state index contributed by atoms with van der Waals surface area (Å²) in [7, 11) is 0. The van der Waals surface area contributed by atoms with Crippen molar-refractivity contribution in [3.63, 3.8) is 0 Å². The second-order valence-electron chi connectivity index (χ2n) is 5.42. The molecule has 2 fully saturated rings. The molecule has 0 aromatic heterocycles. The number of anilines is 1. The lowest BCUT2D eigenvalue weighted by molar-refractivity contribution is -0.142. The fourth-order valence-corrected chi connectivity index (χ4v) is 3.42. The minimum atomic E-state index is -0.873. The zero-order chi connectivity index (χ0) is 14.4. The van der Waals surface area contributed by atoms with Crippen LogP contribution in [0.1, 0.15) is 29.6 Å². The van der Waals surface area contributed by atoms with Gasteiger partial charge in [-0.25, -0.2) is 4.39 Å². The second-order valence-corrected chi connectivity index (χ2v) is 5.42. The normalized spacial score (nSPS) is 27.9. The molecule has 106 valence electrons. The summed E-state index contributed by atoms with van der Waals surface area (Å²) in [5.74, 6) is -2.28. The molecule has 0 radical (unpaired) electrons. The van der Waals surface area contributed by atoms with Crippen LogP contribution in [0.25, 0.3) is 0 Å². The van der Waals surface area contributed by atoms with Crippen molar-refractivity contribution in [3.8, 4) is 0 Å². The van der Waals surface area contributed by atoms with Gasteiger partial charge in [0.25, 0.3) is 5.91 Å². The Morgan fingerprint density at radius 3 is 2.75 bits per heavy atom. The molecule has 3 atom stereocenters. The lowest BCUT2D eigenvalue weighted by Crippen LogP contribution is -2.38. The summed E-state index contributed by atoms with van der Waals surface area (Å²) >= 11 is 0. The van der Waals surface area contributed by atoms with Crippen molar-refractivity contribution in [2.24, 2.45) is 5.92 Å². The molecule has 2 bridgehead atoms. The Bertz CT molecular complexity index is 590. The first kappa shape index (κ1) is 12.9. The van der Waals surface area contributed by atoms with E-state index < -0.39 is 17.7 Å². The van der Waals surface area contributed by atoms with E-state index in [9.17, 15) is 19.1 Å². The Balaban J connectivity index is 1.92. The van der Waals surface area contributed by atoms with Crippen molar-refractivity contribution < 1.29 is 19.1 Å². The van der Waals surface area contributed by atoms with Crippen LogP contribution in [0.15, 0.2) is 18.2 Å². The third kappa shape index (κ3) is 1.83. The number of benzene rings is 1. The first-order chi connectivity index (χ1) is 9.49. The van der Waals surface area contributed by atoms with Gasteiger partial charge >= 0.3 is 5.97 Å². The van der Waals surface area contributed by atoms with Crippen molar-refractivity contribution >= 4 is 17.6 Å².